The van der Waals surface area contributed by atoms with Crippen molar-refractivity contribution in [3.63, 3.8) is 0 Å². The minimum atomic E-state index is 0.602. The molecule has 0 radical (unpaired) electrons. The highest BCUT2D eigenvalue weighted by Gasteiger charge is 2.09. The second-order valence-electron chi connectivity index (χ2n) is 3.55. The summed E-state index contributed by atoms with van der Waals surface area (Å²) in [6.45, 7) is 3.92. The van der Waals surface area contributed by atoms with Crippen LogP contribution in [0.4, 0.5) is 0 Å². The van der Waals surface area contributed by atoms with Crippen LogP contribution in [0.5, 0.6) is 0 Å². The van der Waals surface area contributed by atoms with Crippen LogP contribution < -0.4 is 0 Å². The minimum absolute atomic E-state index is 0.602. The molecule has 0 N–H and O–H groups in total. The topological polar surface area (TPSA) is 73.8 Å². The number of hydrogen-bond acceptors (Lipinski definition) is 5. The first-order valence-corrected chi connectivity index (χ1v) is 4.81. The molecule has 0 fully saturated rings. The zero-order valence-corrected chi connectivity index (χ0v) is 8.86. The zero-order valence-electron chi connectivity index (χ0n) is 8.86. The molecule has 0 spiro atoms. The van der Waals surface area contributed by atoms with Crippen molar-refractivity contribution >= 4 is 5.65 Å². The minimum Gasteiger partial charge on any atom is -0.257 e. The lowest BCUT2D eigenvalue weighted by atomic mass is 10.4. The highest BCUT2D eigenvalue weighted by atomic mass is 15.5. The van der Waals surface area contributed by atoms with Gasteiger partial charge in [0.2, 0.25) is 0 Å². The molecule has 0 amide bonds. The largest absolute Gasteiger partial charge is 0.257 e. The van der Waals surface area contributed by atoms with E-state index < -0.39 is 0 Å². The molecule has 0 aliphatic heterocycles. The van der Waals surface area contributed by atoms with E-state index in [9.17, 15) is 0 Å². The normalized spacial score (nSPS) is 11.1. The molecule has 0 saturated heterocycles. The lowest BCUT2D eigenvalue weighted by molar-refractivity contribution is 0.728. The molecule has 7 heteroatoms. The SMILES string of the molecule is Cc1cc(C)n(-c2cncc3nnnn23)n1. The molecule has 0 atom stereocenters. The number of aromatic nitrogens is 7. The monoisotopic (exact) mass is 215 g/mol. The van der Waals surface area contributed by atoms with Gasteiger partial charge < -0.3 is 0 Å². The Kier molecular flexibility index (Phi) is 1.73. The Bertz CT molecular complexity index is 651. The van der Waals surface area contributed by atoms with Gasteiger partial charge in [0, 0.05) is 5.69 Å². The van der Waals surface area contributed by atoms with Crippen molar-refractivity contribution in [2.24, 2.45) is 0 Å². The van der Waals surface area contributed by atoms with E-state index in [1.165, 1.54) is 0 Å². The maximum Gasteiger partial charge on any atom is 0.199 e. The zero-order chi connectivity index (χ0) is 11.1. The Balaban J connectivity index is 2.33. The van der Waals surface area contributed by atoms with Gasteiger partial charge in [-0.15, -0.1) is 5.10 Å². The summed E-state index contributed by atoms with van der Waals surface area (Å²) in [6, 6.07) is 1.99. The molecule has 16 heavy (non-hydrogen) atoms. The molecule has 7 nitrogen and oxygen atoms in total. The molecule has 0 unspecified atom stereocenters. The predicted octanol–water partition coefficient (Wildman–Crippen LogP) is 0.322. The fourth-order valence-electron chi connectivity index (χ4n) is 1.67. The number of tetrazole rings is 1. The highest BCUT2D eigenvalue weighted by molar-refractivity contribution is 5.38. The van der Waals surface area contributed by atoms with Crippen LogP contribution in [0.3, 0.4) is 0 Å². The van der Waals surface area contributed by atoms with E-state index in [2.05, 4.69) is 25.6 Å². The standard InChI is InChI=1S/C9H9N7/c1-6-3-7(2)15(12-6)9-5-10-4-8-11-13-14-16(8)9/h3-5H,1-2H3. The molecule has 3 rings (SSSR count). The Morgan fingerprint density at radius 1 is 1.19 bits per heavy atom. The maximum absolute atomic E-state index is 4.37. The lowest BCUT2D eigenvalue weighted by Crippen LogP contribution is -2.07. The molecule has 0 bridgehead atoms. The van der Waals surface area contributed by atoms with Crippen molar-refractivity contribution in [2.75, 3.05) is 0 Å². The molecule has 3 aromatic rings. The van der Waals surface area contributed by atoms with Gasteiger partial charge in [0.1, 0.15) is 0 Å². The van der Waals surface area contributed by atoms with Crippen LogP contribution in [0.1, 0.15) is 11.4 Å². The van der Waals surface area contributed by atoms with Crippen molar-refractivity contribution < 1.29 is 0 Å². The second-order valence-corrected chi connectivity index (χ2v) is 3.55. The summed E-state index contributed by atoms with van der Waals surface area (Å²) in [5.41, 5.74) is 2.56. The summed E-state index contributed by atoms with van der Waals surface area (Å²) in [5, 5.41) is 15.7. The van der Waals surface area contributed by atoms with Gasteiger partial charge in [0.05, 0.1) is 18.1 Å². The number of hydrogen-bond donors (Lipinski definition) is 0. The van der Waals surface area contributed by atoms with Gasteiger partial charge in [-0.25, -0.2) is 4.68 Å². The van der Waals surface area contributed by atoms with Crippen molar-refractivity contribution in [1.82, 2.24) is 34.8 Å². The van der Waals surface area contributed by atoms with E-state index in [1.54, 1.807) is 21.6 Å². The molecule has 0 aliphatic carbocycles. The fourth-order valence-corrected chi connectivity index (χ4v) is 1.67. The molecular formula is C9H9N7. The molecule has 0 saturated carbocycles. The van der Waals surface area contributed by atoms with Crippen molar-refractivity contribution in [3.05, 3.63) is 29.8 Å². The predicted molar refractivity (Wildman–Crippen MR) is 55.2 cm³/mol. The van der Waals surface area contributed by atoms with Crippen LogP contribution in [0, 0.1) is 13.8 Å². The van der Waals surface area contributed by atoms with E-state index >= 15 is 0 Å². The summed E-state index contributed by atoms with van der Waals surface area (Å²) in [5.74, 6) is 0.730. The van der Waals surface area contributed by atoms with E-state index in [-0.39, 0.29) is 0 Å². The van der Waals surface area contributed by atoms with Gasteiger partial charge in [-0.05, 0) is 30.3 Å². The molecule has 3 aromatic heterocycles. The second kappa shape index (κ2) is 3.09. The number of rotatable bonds is 1. The van der Waals surface area contributed by atoms with Crippen LogP contribution in [-0.2, 0) is 0 Å². The third kappa shape index (κ3) is 1.18. The van der Waals surface area contributed by atoms with Gasteiger partial charge in [0.15, 0.2) is 11.5 Å². The average Bonchev–Trinajstić information content (AvgIpc) is 2.84. The summed E-state index contributed by atoms with van der Waals surface area (Å²) < 4.78 is 3.37. The third-order valence-corrected chi connectivity index (χ3v) is 2.32. The van der Waals surface area contributed by atoms with Crippen LogP contribution in [0.25, 0.3) is 11.5 Å². The summed E-state index contributed by atoms with van der Waals surface area (Å²) in [6.07, 6.45) is 3.29. The highest BCUT2D eigenvalue weighted by Crippen LogP contribution is 2.10. The first kappa shape index (κ1) is 8.96. The quantitative estimate of drug-likeness (QED) is 0.584. The molecular weight excluding hydrogens is 206 g/mol. The van der Waals surface area contributed by atoms with Gasteiger partial charge in [0.25, 0.3) is 0 Å². The van der Waals surface area contributed by atoms with E-state index in [0.29, 0.717) is 5.65 Å². The maximum atomic E-state index is 4.37. The van der Waals surface area contributed by atoms with Crippen molar-refractivity contribution in [2.45, 2.75) is 13.8 Å². The summed E-state index contributed by atoms with van der Waals surface area (Å²) in [4.78, 5) is 4.09. The third-order valence-electron chi connectivity index (χ3n) is 2.32. The fraction of sp³-hybridized carbons (Fsp3) is 0.222. The first-order chi connectivity index (χ1) is 7.75. The lowest BCUT2D eigenvalue weighted by Gasteiger charge is -2.03. The first-order valence-electron chi connectivity index (χ1n) is 4.81. The van der Waals surface area contributed by atoms with Crippen LogP contribution in [0.2, 0.25) is 0 Å². The summed E-state index contributed by atoms with van der Waals surface area (Å²) in [7, 11) is 0. The Morgan fingerprint density at radius 3 is 2.81 bits per heavy atom. The number of aryl methyl sites for hydroxylation is 2. The van der Waals surface area contributed by atoms with E-state index in [4.69, 9.17) is 0 Å². The smallest absolute Gasteiger partial charge is 0.199 e. The summed E-state index contributed by atoms with van der Waals surface area (Å²) >= 11 is 0. The van der Waals surface area contributed by atoms with Crippen molar-refractivity contribution in [3.8, 4) is 5.82 Å². The average molecular weight is 215 g/mol. The van der Waals surface area contributed by atoms with Gasteiger partial charge in [-0.2, -0.15) is 9.61 Å². The van der Waals surface area contributed by atoms with Gasteiger partial charge in [-0.3, -0.25) is 4.98 Å². The Labute approximate surface area is 90.7 Å². The molecule has 3 heterocycles. The van der Waals surface area contributed by atoms with Crippen LogP contribution in [0.15, 0.2) is 18.5 Å². The van der Waals surface area contributed by atoms with Crippen LogP contribution >= 0.6 is 0 Å². The number of nitrogens with zero attached hydrogens (tertiary/aromatic N) is 7. The molecule has 80 valence electrons. The van der Waals surface area contributed by atoms with Crippen molar-refractivity contribution in [1.29, 1.82) is 0 Å². The Morgan fingerprint density at radius 2 is 2.06 bits per heavy atom. The van der Waals surface area contributed by atoms with E-state index in [1.807, 2.05) is 19.9 Å². The van der Waals surface area contributed by atoms with Gasteiger partial charge >= 0.3 is 0 Å². The van der Waals surface area contributed by atoms with E-state index in [0.717, 1.165) is 17.2 Å². The van der Waals surface area contributed by atoms with Gasteiger partial charge in [-0.1, -0.05) is 0 Å². The Hall–Kier alpha value is -2.31. The number of fused-ring (bicyclic) bond motifs is 1. The van der Waals surface area contributed by atoms with Crippen LogP contribution in [-0.4, -0.2) is 34.8 Å². The molecule has 0 aliphatic rings. The molecule has 0 aromatic carbocycles.